The summed E-state index contributed by atoms with van der Waals surface area (Å²) in [5, 5.41) is 6.36. The number of fused-ring (bicyclic) bond motifs is 1. The Bertz CT molecular complexity index is 971. The summed E-state index contributed by atoms with van der Waals surface area (Å²) in [4.78, 5) is 15.1. The van der Waals surface area contributed by atoms with Crippen molar-refractivity contribution in [1.29, 1.82) is 0 Å². The highest BCUT2D eigenvalue weighted by atomic mass is 35.5. The number of halogens is 1. The van der Waals surface area contributed by atoms with Crippen LogP contribution < -0.4 is 5.32 Å². The van der Waals surface area contributed by atoms with Crippen molar-refractivity contribution >= 4 is 28.3 Å². The normalized spacial score (nSPS) is 17.5. The fraction of sp³-hybridized carbons (Fsp3) is 0.292. The molecule has 4 heteroatoms. The first-order valence-electron chi connectivity index (χ1n) is 9.90. The molecule has 3 nitrogen and oxygen atoms in total. The molecule has 0 unspecified atom stereocenters. The zero-order valence-corrected chi connectivity index (χ0v) is 16.7. The van der Waals surface area contributed by atoms with E-state index >= 15 is 0 Å². The van der Waals surface area contributed by atoms with E-state index in [1.165, 1.54) is 10.8 Å². The number of piperidine rings is 1. The molecule has 1 atom stereocenters. The molecule has 0 aliphatic carbocycles. The van der Waals surface area contributed by atoms with Crippen molar-refractivity contribution in [3.05, 3.63) is 82.9 Å². The lowest BCUT2D eigenvalue weighted by molar-refractivity contribution is -0.126. The summed E-state index contributed by atoms with van der Waals surface area (Å²) in [5.74, 6) is 0.189. The second-order valence-corrected chi connectivity index (χ2v) is 7.97. The predicted octanol–water partition coefficient (Wildman–Crippen LogP) is 5.02. The monoisotopic (exact) mass is 392 g/mol. The Balaban J connectivity index is 1.34. The molecule has 144 valence electrons. The van der Waals surface area contributed by atoms with Gasteiger partial charge in [0, 0.05) is 24.7 Å². The third-order valence-corrected chi connectivity index (χ3v) is 5.88. The van der Waals surface area contributed by atoms with Crippen LogP contribution in [-0.4, -0.2) is 23.9 Å². The van der Waals surface area contributed by atoms with Crippen LogP contribution >= 0.6 is 11.6 Å². The Morgan fingerprint density at radius 2 is 1.82 bits per heavy atom. The number of hydrogen-bond acceptors (Lipinski definition) is 2. The van der Waals surface area contributed by atoms with Gasteiger partial charge in [0.25, 0.3) is 0 Å². The van der Waals surface area contributed by atoms with E-state index in [1.807, 2.05) is 30.3 Å². The molecule has 0 spiro atoms. The Hall–Kier alpha value is -2.36. The standard InChI is InChI=1S/C24H25ClN2O/c25-23-10-4-3-8-21(23)16-27-13-5-9-22(17-27)24(28)26-15-18-11-12-19-6-1-2-7-20(19)14-18/h1-4,6-8,10-12,14,22H,5,9,13,15-17H2,(H,26,28)/t22-/m1/s1. The van der Waals surface area contributed by atoms with Crippen LogP contribution in [0.25, 0.3) is 10.8 Å². The van der Waals surface area contributed by atoms with Gasteiger partial charge < -0.3 is 5.32 Å². The lowest BCUT2D eigenvalue weighted by Crippen LogP contribution is -2.42. The molecule has 1 N–H and O–H groups in total. The van der Waals surface area contributed by atoms with Crippen molar-refractivity contribution in [3.8, 4) is 0 Å². The van der Waals surface area contributed by atoms with Gasteiger partial charge in [-0.05, 0) is 53.4 Å². The van der Waals surface area contributed by atoms with Crippen LogP contribution in [0.3, 0.4) is 0 Å². The maximum Gasteiger partial charge on any atom is 0.224 e. The molecule has 0 saturated carbocycles. The summed E-state index contributed by atoms with van der Waals surface area (Å²) in [6.45, 7) is 3.17. The summed E-state index contributed by atoms with van der Waals surface area (Å²) in [6, 6.07) is 22.6. The van der Waals surface area contributed by atoms with Crippen molar-refractivity contribution in [2.24, 2.45) is 5.92 Å². The first kappa shape index (κ1) is 19.0. The van der Waals surface area contributed by atoms with E-state index in [1.54, 1.807) is 0 Å². The van der Waals surface area contributed by atoms with Gasteiger partial charge >= 0.3 is 0 Å². The number of carbonyl (C=O) groups excluding carboxylic acids is 1. The highest BCUT2D eigenvalue weighted by molar-refractivity contribution is 6.31. The molecule has 0 aromatic heterocycles. The third kappa shape index (κ3) is 4.54. The number of carbonyl (C=O) groups is 1. The average Bonchev–Trinajstić information content (AvgIpc) is 2.74. The van der Waals surface area contributed by atoms with Gasteiger partial charge in [0.2, 0.25) is 5.91 Å². The van der Waals surface area contributed by atoms with E-state index in [9.17, 15) is 4.79 Å². The van der Waals surface area contributed by atoms with Crippen LogP contribution in [0.2, 0.25) is 5.02 Å². The van der Waals surface area contributed by atoms with Gasteiger partial charge in [-0.1, -0.05) is 66.2 Å². The number of hydrogen-bond donors (Lipinski definition) is 1. The number of rotatable bonds is 5. The molecular formula is C24H25ClN2O. The second-order valence-electron chi connectivity index (χ2n) is 7.56. The van der Waals surface area contributed by atoms with Crippen LogP contribution in [0, 0.1) is 5.92 Å². The third-order valence-electron chi connectivity index (χ3n) is 5.51. The number of nitrogens with one attached hydrogen (secondary N) is 1. The van der Waals surface area contributed by atoms with Crippen LogP contribution in [0.15, 0.2) is 66.7 Å². The lowest BCUT2D eigenvalue weighted by atomic mass is 9.96. The minimum absolute atomic E-state index is 0.0386. The van der Waals surface area contributed by atoms with Crippen LogP contribution in [0.1, 0.15) is 24.0 Å². The Morgan fingerprint density at radius 1 is 1.04 bits per heavy atom. The van der Waals surface area contributed by atoms with Crippen molar-refractivity contribution in [3.63, 3.8) is 0 Å². The van der Waals surface area contributed by atoms with Gasteiger partial charge in [-0.15, -0.1) is 0 Å². The molecule has 4 rings (SSSR count). The number of nitrogens with zero attached hydrogens (tertiary/aromatic N) is 1. The molecule has 3 aromatic rings. The zero-order valence-electron chi connectivity index (χ0n) is 15.9. The van der Waals surface area contributed by atoms with Gasteiger partial charge in [0.05, 0.1) is 5.92 Å². The molecule has 1 amide bonds. The largest absolute Gasteiger partial charge is 0.352 e. The van der Waals surface area contributed by atoms with E-state index in [2.05, 4.69) is 46.6 Å². The maximum absolute atomic E-state index is 12.7. The smallest absolute Gasteiger partial charge is 0.224 e. The Labute approximate surface area is 171 Å². The molecule has 1 aliphatic heterocycles. The minimum Gasteiger partial charge on any atom is -0.352 e. The van der Waals surface area contributed by atoms with E-state index in [-0.39, 0.29) is 11.8 Å². The fourth-order valence-corrected chi connectivity index (χ4v) is 4.16. The van der Waals surface area contributed by atoms with Crippen LogP contribution in [0.4, 0.5) is 0 Å². The van der Waals surface area contributed by atoms with Crippen LogP contribution in [0.5, 0.6) is 0 Å². The van der Waals surface area contributed by atoms with Crippen molar-refractivity contribution in [1.82, 2.24) is 10.2 Å². The summed E-state index contributed by atoms with van der Waals surface area (Å²) in [6.07, 6.45) is 1.99. The maximum atomic E-state index is 12.7. The molecule has 1 aliphatic rings. The Kier molecular flexibility index (Phi) is 5.94. The second kappa shape index (κ2) is 8.76. The molecule has 1 saturated heterocycles. The highest BCUT2D eigenvalue weighted by Gasteiger charge is 2.25. The molecule has 28 heavy (non-hydrogen) atoms. The predicted molar refractivity (Wildman–Crippen MR) is 115 cm³/mol. The molecular weight excluding hydrogens is 368 g/mol. The summed E-state index contributed by atoms with van der Waals surface area (Å²) >= 11 is 6.30. The average molecular weight is 393 g/mol. The molecule has 3 aromatic carbocycles. The minimum atomic E-state index is 0.0386. The van der Waals surface area contributed by atoms with Crippen molar-refractivity contribution < 1.29 is 4.79 Å². The van der Waals surface area contributed by atoms with Crippen LogP contribution in [-0.2, 0) is 17.9 Å². The Morgan fingerprint density at radius 3 is 2.68 bits per heavy atom. The van der Waals surface area contributed by atoms with E-state index < -0.39 is 0 Å². The van der Waals surface area contributed by atoms with Crippen molar-refractivity contribution in [2.75, 3.05) is 13.1 Å². The molecule has 0 radical (unpaired) electrons. The molecule has 0 bridgehead atoms. The van der Waals surface area contributed by atoms with Crippen molar-refractivity contribution in [2.45, 2.75) is 25.9 Å². The topological polar surface area (TPSA) is 32.3 Å². The highest BCUT2D eigenvalue weighted by Crippen LogP contribution is 2.22. The zero-order chi connectivity index (χ0) is 19.3. The fourth-order valence-electron chi connectivity index (χ4n) is 3.96. The summed E-state index contributed by atoms with van der Waals surface area (Å²) in [7, 11) is 0. The van der Waals surface area contributed by atoms with Gasteiger partial charge in [-0.2, -0.15) is 0 Å². The lowest BCUT2D eigenvalue weighted by Gasteiger charge is -2.32. The molecule has 1 fully saturated rings. The van der Waals surface area contributed by atoms with Gasteiger partial charge in [0.1, 0.15) is 0 Å². The van der Waals surface area contributed by atoms with Gasteiger partial charge in [-0.25, -0.2) is 0 Å². The van der Waals surface area contributed by atoms with E-state index in [0.29, 0.717) is 6.54 Å². The molecule has 1 heterocycles. The SMILES string of the molecule is O=C(NCc1ccc2ccccc2c1)[C@@H]1CCCN(Cc2ccccc2Cl)C1. The first-order chi connectivity index (χ1) is 13.7. The quantitative estimate of drug-likeness (QED) is 0.661. The number of benzene rings is 3. The van der Waals surface area contributed by atoms with E-state index in [4.69, 9.17) is 11.6 Å². The summed E-state index contributed by atoms with van der Waals surface area (Å²) in [5.41, 5.74) is 2.26. The number of likely N-dealkylation sites (tertiary alicyclic amines) is 1. The van der Waals surface area contributed by atoms with Gasteiger partial charge in [-0.3, -0.25) is 9.69 Å². The first-order valence-corrected chi connectivity index (χ1v) is 10.3. The summed E-state index contributed by atoms with van der Waals surface area (Å²) < 4.78 is 0. The van der Waals surface area contributed by atoms with Gasteiger partial charge in [0.15, 0.2) is 0 Å². The van der Waals surface area contributed by atoms with E-state index in [0.717, 1.165) is 48.6 Å². The number of amides is 1.